The van der Waals surface area contributed by atoms with E-state index in [2.05, 4.69) is 25.2 Å². The lowest BCUT2D eigenvalue weighted by Gasteiger charge is -2.36. The molecule has 0 aliphatic carbocycles. The number of carbonyl (C=O) groups is 1. The lowest BCUT2D eigenvalue weighted by molar-refractivity contribution is -0.147. The van der Waals surface area contributed by atoms with Crippen LogP contribution in [0.1, 0.15) is 20.3 Å². The molecule has 0 amide bonds. The average Bonchev–Trinajstić information content (AvgIpc) is 2.35. The van der Waals surface area contributed by atoms with E-state index in [1.54, 1.807) is 0 Å². The minimum absolute atomic E-state index is 0.123. The number of hydrogen-bond donors (Lipinski definition) is 1. The van der Waals surface area contributed by atoms with Crippen LogP contribution in [0.2, 0.25) is 0 Å². The van der Waals surface area contributed by atoms with E-state index in [0.717, 1.165) is 19.5 Å². The van der Waals surface area contributed by atoms with E-state index in [1.165, 1.54) is 7.11 Å². The maximum absolute atomic E-state index is 11.6. The fraction of sp³-hybridized carbons (Fsp3) is 0.846. The minimum atomic E-state index is -0.172. The number of piperidine rings is 1. The van der Waals surface area contributed by atoms with Gasteiger partial charge in [0.2, 0.25) is 0 Å². The first kappa shape index (κ1) is 14.9. The topological polar surface area (TPSA) is 65.4 Å². The van der Waals surface area contributed by atoms with Gasteiger partial charge in [-0.3, -0.25) is 9.69 Å². The van der Waals surface area contributed by atoms with Crippen LogP contribution in [0.25, 0.3) is 0 Å². The summed E-state index contributed by atoms with van der Waals surface area (Å²) in [6, 6.07) is 2.41. The van der Waals surface area contributed by atoms with Crippen LogP contribution < -0.4 is 5.32 Å². The van der Waals surface area contributed by atoms with Crippen molar-refractivity contribution in [2.24, 2.45) is 11.8 Å². The number of nitriles is 1. The van der Waals surface area contributed by atoms with Crippen molar-refractivity contribution in [3.05, 3.63) is 0 Å². The third-order valence-corrected chi connectivity index (χ3v) is 3.17. The van der Waals surface area contributed by atoms with Gasteiger partial charge in [-0.2, -0.15) is 5.26 Å². The van der Waals surface area contributed by atoms with E-state index >= 15 is 0 Å². The van der Waals surface area contributed by atoms with E-state index in [0.29, 0.717) is 19.0 Å². The number of carbonyl (C=O) groups excluding carboxylic acids is 1. The number of ether oxygens (including phenoxy) is 1. The van der Waals surface area contributed by atoms with Crippen molar-refractivity contribution in [3.63, 3.8) is 0 Å². The van der Waals surface area contributed by atoms with Gasteiger partial charge in [0.05, 0.1) is 25.6 Å². The molecule has 102 valence electrons. The molecule has 2 unspecified atom stereocenters. The molecule has 1 rings (SSSR count). The molecule has 18 heavy (non-hydrogen) atoms. The maximum atomic E-state index is 11.6. The second-order valence-electron chi connectivity index (χ2n) is 5.31. The summed E-state index contributed by atoms with van der Waals surface area (Å²) in [4.78, 5) is 13.7. The van der Waals surface area contributed by atoms with Crippen LogP contribution in [0, 0.1) is 23.2 Å². The Bertz CT molecular complexity index is 312. The van der Waals surface area contributed by atoms with Gasteiger partial charge in [-0.05, 0) is 18.9 Å². The van der Waals surface area contributed by atoms with Crippen LogP contribution in [0.4, 0.5) is 0 Å². The Kier molecular flexibility index (Phi) is 6.10. The molecule has 1 aliphatic rings. The molecule has 1 saturated heterocycles. The van der Waals surface area contributed by atoms with Crippen LogP contribution in [0.3, 0.4) is 0 Å². The lowest BCUT2D eigenvalue weighted by atomic mass is 9.94. The van der Waals surface area contributed by atoms with Gasteiger partial charge in [0.1, 0.15) is 0 Å². The average molecular weight is 253 g/mol. The molecule has 1 heterocycles. The van der Waals surface area contributed by atoms with Crippen molar-refractivity contribution < 1.29 is 9.53 Å². The van der Waals surface area contributed by atoms with Crippen LogP contribution in [-0.2, 0) is 9.53 Å². The van der Waals surface area contributed by atoms with E-state index in [-0.39, 0.29) is 17.9 Å². The molecule has 5 heteroatoms. The Labute approximate surface area is 109 Å². The lowest BCUT2D eigenvalue weighted by Crippen LogP contribution is -2.51. The highest BCUT2D eigenvalue weighted by atomic mass is 16.5. The fourth-order valence-electron chi connectivity index (χ4n) is 2.31. The minimum Gasteiger partial charge on any atom is -0.469 e. The second-order valence-corrected chi connectivity index (χ2v) is 5.31. The van der Waals surface area contributed by atoms with Gasteiger partial charge in [0.15, 0.2) is 0 Å². The van der Waals surface area contributed by atoms with Crippen LogP contribution in [0.15, 0.2) is 0 Å². The van der Waals surface area contributed by atoms with Crippen molar-refractivity contribution in [1.82, 2.24) is 10.2 Å². The quantitative estimate of drug-likeness (QED) is 0.575. The zero-order valence-electron chi connectivity index (χ0n) is 11.5. The number of nitrogens with one attached hydrogen (secondary N) is 1. The maximum Gasteiger partial charge on any atom is 0.310 e. The Morgan fingerprint density at radius 1 is 1.56 bits per heavy atom. The van der Waals surface area contributed by atoms with Gasteiger partial charge in [-0.15, -0.1) is 0 Å². The Morgan fingerprint density at radius 2 is 2.28 bits per heavy atom. The molecule has 1 aliphatic heterocycles. The SMILES string of the molecule is COC(=O)C1CC(NCC(C)C)CN(CC#N)C1. The van der Waals surface area contributed by atoms with Crippen LogP contribution in [-0.4, -0.2) is 50.2 Å². The molecule has 0 spiro atoms. The first-order chi connectivity index (χ1) is 8.56. The van der Waals surface area contributed by atoms with Gasteiger partial charge in [-0.1, -0.05) is 13.8 Å². The zero-order chi connectivity index (χ0) is 13.5. The number of nitrogens with zero attached hydrogens (tertiary/aromatic N) is 2. The van der Waals surface area contributed by atoms with E-state index in [4.69, 9.17) is 10.00 Å². The van der Waals surface area contributed by atoms with Gasteiger partial charge in [0, 0.05) is 19.1 Å². The molecule has 0 aromatic heterocycles. The number of methoxy groups -OCH3 is 1. The molecule has 2 atom stereocenters. The summed E-state index contributed by atoms with van der Waals surface area (Å²) in [6.07, 6.45) is 0.793. The molecule has 5 nitrogen and oxygen atoms in total. The number of likely N-dealkylation sites (tertiary alicyclic amines) is 1. The molecular weight excluding hydrogens is 230 g/mol. The van der Waals surface area contributed by atoms with Gasteiger partial charge >= 0.3 is 5.97 Å². The number of esters is 1. The second kappa shape index (κ2) is 7.34. The van der Waals surface area contributed by atoms with Crippen molar-refractivity contribution in [2.45, 2.75) is 26.3 Å². The number of rotatable bonds is 5. The standard InChI is InChI=1S/C13H23N3O2/c1-10(2)7-15-12-6-11(13(17)18-3)8-16(9-12)5-4-14/h10-12,15H,5-9H2,1-3H3. The molecule has 0 saturated carbocycles. The van der Waals surface area contributed by atoms with E-state index in [1.807, 2.05) is 4.90 Å². The smallest absolute Gasteiger partial charge is 0.310 e. The largest absolute Gasteiger partial charge is 0.469 e. The first-order valence-electron chi connectivity index (χ1n) is 6.47. The normalized spacial score (nSPS) is 24.8. The Balaban J connectivity index is 2.56. The fourth-order valence-corrected chi connectivity index (χ4v) is 2.31. The third-order valence-electron chi connectivity index (χ3n) is 3.17. The monoisotopic (exact) mass is 253 g/mol. The molecule has 0 aromatic rings. The summed E-state index contributed by atoms with van der Waals surface area (Å²) in [7, 11) is 1.42. The molecule has 0 aromatic carbocycles. The summed E-state index contributed by atoms with van der Waals surface area (Å²) in [6.45, 7) is 7.06. The third kappa shape index (κ3) is 4.63. The summed E-state index contributed by atoms with van der Waals surface area (Å²) < 4.78 is 4.81. The summed E-state index contributed by atoms with van der Waals surface area (Å²) in [5, 5.41) is 12.2. The first-order valence-corrected chi connectivity index (χ1v) is 6.47. The summed E-state index contributed by atoms with van der Waals surface area (Å²) >= 11 is 0. The van der Waals surface area contributed by atoms with Crippen molar-refractivity contribution in [2.75, 3.05) is 33.3 Å². The predicted molar refractivity (Wildman–Crippen MR) is 68.8 cm³/mol. The van der Waals surface area contributed by atoms with Crippen LogP contribution >= 0.6 is 0 Å². The number of hydrogen-bond acceptors (Lipinski definition) is 5. The molecule has 1 fully saturated rings. The highest BCUT2D eigenvalue weighted by Gasteiger charge is 2.31. The highest BCUT2D eigenvalue weighted by Crippen LogP contribution is 2.18. The van der Waals surface area contributed by atoms with Crippen LogP contribution in [0.5, 0.6) is 0 Å². The molecule has 0 bridgehead atoms. The van der Waals surface area contributed by atoms with Gasteiger partial charge < -0.3 is 10.1 Å². The van der Waals surface area contributed by atoms with E-state index in [9.17, 15) is 4.79 Å². The molecule has 0 radical (unpaired) electrons. The van der Waals surface area contributed by atoms with Crippen molar-refractivity contribution >= 4 is 5.97 Å². The van der Waals surface area contributed by atoms with E-state index < -0.39 is 0 Å². The van der Waals surface area contributed by atoms with Crippen molar-refractivity contribution in [3.8, 4) is 6.07 Å². The Hall–Kier alpha value is -1.12. The predicted octanol–water partition coefficient (Wildman–Crippen LogP) is 0.619. The molecular formula is C13H23N3O2. The zero-order valence-corrected chi connectivity index (χ0v) is 11.5. The summed E-state index contributed by atoms with van der Waals surface area (Å²) in [5.41, 5.74) is 0. The Morgan fingerprint density at radius 3 is 2.83 bits per heavy atom. The highest BCUT2D eigenvalue weighted by molar-refractivity contribution is 5.72. The summed E-state index contributed by atoms with van der Waals surface area (Å²) in [5.74, 6) is 0.281. The van der Waals surface area contributed by atoms with Gasteiger partial charge in [0.25, 0.3) is 0 Å². The van der Waals surface area contributed by atoms with Crippen molar-refractivity contribution in [1.29, 1.82) is 5.26 Å². The van der Waals surface area contributed by atoms with Gasteiger partial charge in [-0.25, -0.2) is 0 Å². The molecule has 1 N–H and O–H groups in total.